The molecule has 0 unspecified atom stereocenters. The molecule has 3 aromatic carbocycles. The van der Waals surface area contributed by atoms with Gasteiger partial charge in [0.15, 0.2) is 0 Å². The molecular formula is C33H30ClN3O4. The first-order valence-electron chi connectivity index (χ1n) is 13.3. The van der Waals surface area contributed by atoms with E-state index in [2.05, 4.69) is 41.5 Å². The first-order chi connectivity index (χ1) is 19.9. The molecule has 5 aromatic rings. The minimum atomic E-state index is -0.884. The van der Waals surface area contributed by atoms with Crippen LogP contribution in [0.2, 0.25) is 5.02 Å². The van der Waals surface area contributed by atoms with Gasteiger partial charge in [-0.1, -0.05) is 67.1 Å². The van der Waals surface area contributed by atoms with Gasteiger partial charge in [-0.3, -0.25) is 4.79 Å². The molecule has 0 spiro atoms. The van der Waals surface area contributed by atoms with Crippen molar-refractivity contribution in [1.29, 1.82) is 0 Å². The van der Waals surface area contributed by atoms with E-state index < -0.39 is 17.9 Å². The van der Waals surface area contributed by atoms with Gasteiger partial charge in [0.25, 0.3) is 5.91 Å². The van der Waals surface area contributed by atoms with Gasteiger partial charge in [0.05, 0.1) is 7.11 Å². The molecule has 2 aromatic heterocycles. The predicted octanol–water partition coefficient (Wildman–Crippen LogP) is 6.31. The number of fused-ring (bicyclic) bond motifs is 1. The fourth-order valence-electron chi connectivity index (χ4n) is 4.48. The van der Waals surface area contributed by atoms with E-state index in [0.717, 1.165) is 34.4 Å². The van der Waals surface area contributed by atoms with Crippen LogP contribution < -0.4 is 10.1 Å². The summed E-state index contributed by atoms with van der Waals surface area (Å²) in [5.74, 6) is -0.288. The van der Waals surface area contributed by atoms with Crippen molar-refractivity contribution in [2.24, 2.45) is 0 Å². The number of esters is 1. The number of pyridine rings is 1. The molecule has 0 radical (unpaired) electrons. The lowest BCUT2D eigenvalue weighted by atomic mass is 10.1. The Morgan fingerprint density at radius 1 is 0.902 bits per heavy atom. The van der Waals surface area contributed by atoms with Crippen molar-refractivity contribution in [3.8, 4) is 16.9 Å². The van der Waals surface area contributed by atoms with E-state index in [1.807, 2.05) is 66.9 Å². The van der Waals surface area contributed by atoms with Gasteiger partial charge in [-0.15, -0.1) is 0 Å². The van der Waals surface area contributed by atoms with Gasteiger partial charge in [0.2, 0.25) is 0 Å². The van der Waals surface area contributed by atoms with Gasteiger partial charge in [-0.2, -0.15) is 0 Å². The van der Waals surface area contributed by atoms with E-state index >= 15 is 0 Å². The summed E-state index contributed by atoms with van der Waals surface area (Å²) in [6, 6.07) is 26.3. The van der Waals surface area contributed by atoms with Crippen LogP contribution in [0, 0.1) is 0 Å². The molecule has 0 aliphatic rings. The van der Waals surface area contributed by atoms with Gasteiger partial charge < -0.3 is 19.2 Å². The quantitative estimate of drug-likeness (QED) is 0.200. The van der Waals surface area contributed by atoms with Crippen LogP contribution in [0.15, 0.2) is 97.3 Å². The molecule has 0 aliphatic heterocycles. The molecule has 0 fully saturated rings. The monoisotopic (exact) mass is 567 g/mol. The summed E-state index contributed by atoms with van der Waals surface area (Å²) in [5.41, 5.74) is 5.96. The van der Waals surface area contributed by atoms with E-state index in [9.17, 15) is 9.59 Å². The van der Waals surface area contributed by atoms with Crippen molar-refractivity contribution in [3.05, 3.63) is 125 Å². The Morgan fingerprint density at radius 3 is 2.27 bits per heavy atom. The number of nitrogens with one attached hydrogen (secondary N) is 1. The Bertz CT molecular complexity index is 1650. The first kappa shape index (κ1) is 27.9. The highest BCUT2D eigenvalue weighted by molar-refractivity contribution is 6.30. The Kier molecular flexibility index (Phi) is 8.65. The average molecular weight is 568 g/mol. The summed E-state index contributed by atoms with van der Waals surface area (Å²) < 4.78 is 12.6. The lowest BCUT2D eigenvalue weighted by Crippen LogP contribution is -2.43. The van der Waals surface area contributed by atoms with E-state index in [0.29, 0.717) is 17.3 Å². The number of rotatable bonds is 10. The standard InChI is InChI=1S/C33H30ClN3O4/c1-3-22-4-6-24(7-5-22)21-41-28-14-8-23(9-15-28)18-29(33(39)40-2)36-32(38)30-20-37-17-16-26(19-31(37)35-30)25-10-12-27(34)13-11-25/h4-17,19-20,29H,3,18,21H2,1-2H3,(H,36,38)/t29-/m0/s1. The molecule has 1 atom stereocenters. The summed E-state index contributed by atoms with van der Waals surface area (Å²) in [6.07, 6.45) is 4.73. The molecule has 2 heterocycles. The lowest BCUT2D eigenvalue weighted by molar-refractivity contribution is -0.142. The SMILES string of the molecule is CCc1ccc(COc2ccc(C[C@H](NC(=O)c3cn4ccc(-c5ccc(Cl)cc5)cc4n3)C(=O)OC)cc2)cc1. The second-order valence-electron chi connectivity index (χ2n) is 9.67. The van der Waals surface area contributed by atoms with Crippen molar-refractivity contribution in [2.45, 2.75) is 32.4 Å². The zero-order valence-corrected chi connectivity index (χ0v) is 23.6. The lowest BCUT2D eigenvalue weighted by Gasteiger charge is -2.16. The van der Waals surface area contributed by atoms with Gasteiger partial charge in [-0.25, -0.2) is 9.78 Å². The third kappa shape index (κ3) is 6.94. The maximum Gasteiger partial charge on any atom is 0.328 e. The molecule has 0 saturated heterocycles. The van der Waals surface area contributed by atoms with Crippen molar-refractivity contribution >= 4 is 29.1 Å². The van der Waals surface area contributed by atoms with Crippen LogP contribution in [0.3, 0.4) is 0 Å². The van der Waals surface area contributed by atoms with E-state index in [1.165, 1.54) is 12.7 Å². The fourth-order valence-corrected chi connectivity index (χ4v) is 4.60. The minimum Gasteiger partial charge on any atom is -0.489 e. The predicted molar refractivity (Wildman–Crippen MR) is 159 cm³/mol. The summed E-state index contributed by atoms with van der Waals surface area (Å²) in [6.45, 7) is 2.59. The number of halogens is 1. The summed E-state index contributed by atoms with van der Waals surface area (Å²) in [4.78, 5) is 30.2. The third-order valence-corrected chi connectivity index (χ3v) is 7.11. The molecule has 208 valence electrons. The number of aryl methyl sites for hydroxylation is 1. The largest absolute Gasteiger partial charge is 0.489 e. The number of ether oxygens (including phenoxy) is 2. The van der Waals surface area contributed by atoms with Gasteiger partial charge in [0.1, 0.15) is 29.7 Å². The molecule has 0 saturated carbocycles. The van der Waals surface area contributed by atoms with Crippen LogP contribution in [0.4, 0.5) is 0 Å². The van der Waals surface area contributed by atoms with Crippen LogP contribution in [0.5, 0.6) is 5.75 Å². The number of methoxy groups -OCH3 is 1. The van der Waals surface area contributed by atoms with Crippen LogP contribution in [0.25, 0.3) is 16.8 Å². The number of hydrogen-bond acceptors (Lipinski definition) is 5. The van der Waals surface area contributed by atoms with Crippen molar-refractivity contribution in [2.75, 3.05) is 7.11 Å². The van der Waals surface area contributed by atoms with Crippen molar-refractivity contribution in [1.82, 2.24) is 14.7 Å². The highest BCUT2D eigenvalue weighted by Crippen LogP contribution is 2.23. The number of imidazole rings is 1. The number of aromatic nitrogens is 2. The number of benzene rings is 3. The number of amides is 1. The molecule has 5 rings (SSSR count). The van der Waals surface area contributed by atoms with Crippen LogP contribution in [-0.4, -0.2) is 34.4 Å². The Balaban J connectivity index is 1.24. The maximum atomic E-state index is 13.1. The second kappa shape index (κ2) is 12.7. The van der Waals surface area contributed by atoms with Crippen LogP contribution in [0.1, 0.15) is 34.1 Å². The zero-order valence-electron chi connectivity index (χ0n) is 22.8. The Hall–Kier alpha value is -4.62. The number of nitrogens with zero attached hydrogens (tertiary/aromatic N) is 2. The number of carbonyl (C=O) groups excluding carboxylic acids is 2. The highest BCUT2D eigenvalue weighted by atomic mass is 35.5. The van der Waals surface area contributed by atoms with Gasteiger partial charge in [0, 0.05) is 23.8 Å². The summed E-state index contributed by atoms with van der Waals surface area (Å²) in [5, 5.41) is 3.44. The summed E-state index contributed by atoms with van der Waals surface area (Å²) >= 11 is 6.01. The second-order valence-corrected chi connectivity index (χ2v) is 10.1. The maximum absolute atomic E-state index is 13.1. The van der Waals surface area contributed by atoms with E-state index in [-0.39, 0.29) is 12.1 Å². The summed E-state index contributed by atoms with van der Waals surface area (Å²) in [7, 11) is 1.30. The molecule has 7 nitrogen and oxygen atoms in total. The normalized spacial score (nSPS) is 11.7. The molecule has 8 heteroatoms. The van der Waals surface area contributed by atoms with Gasteiger partial charge >= 0.3 is 5.97 Å². The van der Waals surface area contributed by atoms with Crippen LogP contribution >= 0.6 is 11.6 Å². The minimum absolute atomic E-state index is 0.197. The van der Waals surface area contributed by atoms with Crippen LogP contribution in [-0.2, 0) is 29.0 Å². The smallest absolute Gasteiger partial charge is 0.328 e. The van der Waals surface area contributed by atoms with E-state index in [1.54, 1.807) is 10.6 Å². The van der Waals surface area contributed by atoms with Crippen molar-refractivity contribution in [3.63, 3.8) is 0 Å². The number of carbonyl (C=O) groups is 2. The molecule has 41 heavy (non-hydrogen) atoms. The molecular weight excluding hydrogens is 538 g/mol. The Morgan fingerprint density at radius 2 is 1.59 bits per heavy atom. The molecule has 0 bridgehead atoms. The third-order valence-electron chi connectivity index (χ3n) is 6.86. The van der Waals surface area contributed by atoms with Gasteiger partial charge in [-0.05, 0) is 70.6 Å². The van der Waals surface area contributed by atoms with Crippen molar-refractivity contribution < 1.29 is 19.1 Å². The zero-order chi connectivity index (χ0) is 28.8. The number of hydrogen-bond donors (Lipinski definition) is 1. The topological polar surface area (TPSA) is 81.9 Å². The Labute approximate surface area is 243 Å². The fraction of sp³-hybridized carbons (Fsp3) is 0.182. The van der Waals surface area contributed by atoms with E-state index in [4.69, 9.17) is 21.1 Å². The average Bonchev–Trinajstić information content (AvgIpc) is 3.44. The molecule has 1 amide bonds. The first-order valence-corrected chi connectivity index (χ1v) is 13.7. The highest BCUT2D eigenvalue weighted by Gasteiger charge is 2.24. The molecule has 1 N–H and O–H groups in total. The molecule has 0 aliphatic carbocycles.